The molecule has 2 aromatic rings. The zero-order valence-electron chi connectivity index (χ0n) is 13.2. The molecule has 0 radical (unpaired) electrons. The number of amides is 2. The number of aliphatic hydroxyl groups is 1. The molecular formula is C19H24N2O2. The van der Waals surface area contributed by atoms with Crippen LogP contribution in [0.25, 0.3) is 0 Å². The highest BCUT2D eigenvalue weighted by Crippen LogP contribution is 2.21. The molecule has 0 spiro atoms. The van der Waals surface area contributed by atoms with Crippen molar-refractivity contribution in [2.24, 2.45) is 0 Å². The summed E-state index contributed by atoms with van der Waals surface area (Å²) >= 11 is 0. The molecule has 0 bridgehead atoms. The van der Waals surface area contributed by atoms with Gasteiger partial charge in [-0.15, -0.1) is 0 Å². The van der Waals surface area contributed by atoms with Crippen molar-refractivity contribution < 1.29 is 9.90 Å². The maximum atomic E-state index is 12.2. The van der Waals surface area contributed by atoms with Crippen LogP contribution in [0.5, 0.6) is 0 Å². The molecule has 0 aliphatic carbocycles. The van der Waals surface area contributed by atoms with Crippen LogP contribution in [0.3, 0.4) is 0 Å². The fourth-order valence-electron chi connectivity index (χ4n) is 2.45. The maximum absolute atomic E-state index is 12.2. The SMILES string of the molecule is O=C(NCCCCCO)NC(c1ccccc1)c1ccccc1. The van der Waals surface area contributed by atoms with Crippen LogP contribution < -0.4 is 10.6 Å². The minimum absolute atomic E-state index is 0.171. The average Bonchev–Trinajstić information content (AvgIpc) is 2.61. The lowest BCUT2D eigenvalue weighted by Gasteiger charge is -2.20. The second-order valence-electron chi connectivity index (χ2n) is 5.44. The van der Waals surface area contributed by atoms with Crippen molar-refractivity contribution in [1.82, 2.24) is 10.6 Å². The third kappa shape index (κ3) is 5.75. The first-order valence-electron chi connectivity index (χ1n) is 8.06. The van der Waals surface area contributed by atoms with E-state index in [4.69, 9.17) is 5.11 Å². The molecule has 0 saturated carbocycles. The van der Waals surface area contributed by atoms with Gasteiger partial charge in [0.05, 0.1) is 6.04 Å². The molecule has 0 fully saturated rings. The first kappa shape index (κ1) is 17.0. The highest BCUT2D eigenvalue weighted by molar-refractivity contribution is 5.75. The Labute approximate surface area is 137 Å². The number of aliphatic hydroxyl groups excluding tert-OH is 1. The van der Waals surface area contributed by atoms with Gasteiger partial charge in [-0.2, -0.15) is 0 Å². The topological polar surface area (TPSA) is 61.4 Å². The Morgan fingerprint density at radius 1 is 0.870 bits per heavy atom. The molecule has 2 rings (SSSR count). The summed E-state index contributed by atoms with van der Waals surface area (Å²) in [5.41, 5.74) is 2.10. The lowest BCUT2D eigenvalue weighted by atomic mass is 9.99. The Morgan fingerprint density at radius 3 is 1.96 bits per heavy atom. The molecule has 0 heterocycles. The van der Waals surface area contributed by atoms with E-state index < -0.39 is 0 Å². The molecule has 0 aromatic heterocycles. The molecule has 2 amide bonds. The van der Waals surface area contributed by atoms with Crippen molar-refractivity contribution in [3.8, 4) is 0 Å². The summed E-state index contributed by atoms with van der Waals surface area (Å²) < 4.78 is 0. The molecular weight excluding hydrogens is 288 g/mol. The number of unbranched alkanes of at least 4 members (excludes halogenated alkanes) is 2. The quantitative estimate of drug-likeness (QED) is 0.655. The molecule has 23 heavy (non-hydrogen) atoms. The van der Waals surface area contributed by atoms with Crippen LogP contribution in [-0.2, 0) is 0 Å². The van der Waals surface area contributed by atoms with Crippen molar-refractivity contribution in [3.63, 3.8) is 0 Å². The molecule has 0 aliphatic rings. The lowest BCUT2D eigenvalue weighted by molar-refractivity contribution is 0.238. The van der Waals surface area contributed by atoms with Gasteiger partial charge in [0.25, 0.3) is 0 Å². The van der Waals surface area contributed by atoms with E-state index in [1.54, 1.807) is 0 Å². The molecule has 0 aliphatic heterocycles. The fraction of sp³-hybridized carbons (Fsp3) is 0.316. The molecule has 4 heteroatoms. The van der Waals surface area contributed by atoms with E-state index in [1.165, 1.54) is 0 Å². The number of rotatable bonds is 8. The monoisotopic (exact) mass is 312 g/mol. The molecule has 4 nitrogen and oxygen atoms in total. The highest BCUT2D eigenvalue weighted by Gasteiger charge is 2.15. The van der Waals surface area contributed by atoms with Crippen LogP contribution in [0, 0.1) is 0 Å². The van der Waals surface area contributed by atoms with Crippen LogP contribution in [0.15, 0.2) is 60.7 Å². The summed E-state index contributed by atoms with van der Waals surface area (Å²) in [6, 6.07) is 19.5. The van der Waals surface area contributed by atoms with Crippen LogP contribution in [0.1, 0.15) is 36.4 Å². The summed E-state index contributed by atoms with van der Waals surface area (Å²) in [5, 5.41) is 14.7. The minimum atomic E-state index is -0.174. The second kappa shape index (κ2) is 9.64. The Bertz CT molecular complexity index is 533. The highest BCUT2D eigenvalue weighted by atomic mass is 16.2. The van der Waals surface area contributed by atoms with Gasteiger partial charge in [-0.1, -0.05) is 60.7 Å². The molecule has 3 N–H and O–H groups in total. The number of carbonyl (C=O) groups excluding carboxylic acids is 1. The summed E-state index contributed by atoms with van der Waals surface area (Å²) in [6.45, 7) is 0.818. The van der Waals surface area contributed by atoms with Crippen molar-refractivity contribution in [2.45, 2.75) is 25.3 Å². The third-order valence-corrected chi connectivity index (χ3v) is 3.66. The number of benzene rings is 2. The summed E-state index contributed by atoms with van der Waals surface area (Å²) in [6.07, 6.45) is 2.56. The van der Waals surface area contributed by atoms with Crippen LogP contribution in [0.4, 0.5) is 4.79 Å². The number of hydrogen-bond donors (Lipinski definition) is 3. The lowest BCUT2D eigenvalue weighted by Crippen LogP contribution is -2.38. The molecule has 0 atom stereocenters. The van der Waals surface area contributed by atoms with Crippen molar-refractivity contribution in [2.75, 3.05) is 13.2 Å². The predicted molar refractivity (Wildman–Crippen MR) is 92.2 cm³/mol. The standard InChI is InChI=1S/C19H24N2O2/c22-15-9-3-8-14-20-19(23)21-18(16-10-4-1-5-11-16)17-12-6-2-7-13-17/h1-2,4-7,10-13,18,22H,3,8-9,14-15H2,(H2,20,21,23). The summed E-state index contributed by atoms with van der Waals surface area (Å²) in [4.78, 5) is 12.2. The average molecular weight is 312 g/mol. The largest absolute Gasteiger partial charge is 0.396 e. The first-order chi connectivity index (χ1) is 11.3. The van der Waals surface area contributed by atoms with Crippen molar-refractivity contribution in [1.29, 1.82) is 0 Å². The van der Waals surface area contributed by atoms with Gasteiger partial charge in [0.2, 0.25) is 0 Å². The Kier molecular flexibility index (Phi) is 7.14. The zero-order valence-corrected chi connectivity index (χ0v) is 13.2. The van der Waals surface area contributed by atoms with E-state index in [0.29, 0.717) is 6.54 Å². The second-order valence-corrected chi connectivity index (χ2v) is 5.44. The third-order valence-electron chi connectivity index (χ3n) is 3.66. The van der Waals surface area contributed by atoms with Gasteiger partial charge in [0, 0.05) is 13.2 Å². The van der Waals surface area contributed by atoms with E-state index in [2.05, 4.69) is 10.6 Å². The Morgan fingerprint density at radius 2 is 1.43 bits per heavy atom. The van der Waals surface area contributed by atoms with Gasteiger partial charge in [-0.05, 0) is 30.4 Å². The molecule has 2 aromatic carbocycles. The van der Waals surface area contributed by atoms with Crippen LogP contribution in [0.2, 0.25) is 0 Å². The number of urea groups is 1. The van der Waals surface area contributed by atoms with Crippen molar-refractivity contribution >= 4 is 6.03 Å². The maximum Gasteiger partial charge on any atom is 0.315 e. The summed E-state index contributed by atoms with van der Waals surface area (Å²) in [5.74, 6) is 0. The normalized spacial score (nSPS) is 10.5. The van der Waals surface area contributed by atoms with E-state index in [1.807, 2.05) is 60.7 Å². The molecule has 0 unspecified atom stereocenters. The fourth-order valence-corrected chi connectivity index (χ4v) is 2.45. The van der Waals surface area contributed by atoms with Gasteiger partial charge in [0.15, 0.2) is 0 Å². The molecule has 122 valence electrons. The van der Waals surface area contributed by atoms with Gasteiger partial charge in [-0.25, -0.2) is 4.79 Å². The van der Waals surface area contributed by atoms with E-state index >= 15 is 0 Å². The van der Waals surface area contributed by atoms with E-state index in [9.17, 15) is 4.79 Å². The van der Waals surface area contributed by atoms with Crippen LogP contribution >= 0.6 is 0 Å². The van der Waals surface area contributed by atoms with Crippen molar-refractivity contribution in [3.05, 3.63) is 71.8 Å². The predicted octanol–water partition coefficient (Wildman–Crippen LogP) is 3.24. The van der Waals surface area contributed by atoms with Gasteiger partial charge in [0.1, 0.15) is 0 Å². The van der Waals surface area contributed by atoms with Gasteiger partial charge >= 0.3 is 6.03 Å². The number of hydrogen-bond acceptors (Lipinski definition) is 2. The smallest absolute Gasteiger partial charge is 0.315 e. The molecule has 0 saturated heterocycles. The van der Waals surface area contributed by atoms with E-state index in [-0.39, 0.29) is 18.7 Å². The number of nitrogens with one attached hydrogen (secondary N) is 2. The van der Waals surface area contributed by atoms with Gasteiger partial charge < -0.3 is 15.7 Å². The summed E-state index contributed by atoms with van der Waals surface area (Å²) in [7, 11) is 0. The first-order valence-corrected chi connectivity index (χ1v) is 8.06. The zero-order chi connectivity index (χ0) is 16.3. The van der Waals surface area contributed by atoms with Gasteiger partial charge in [-0.3, -0.25) is 0 Å². The van der Waals surface area contributed by atoms with E-state index in [0.717, 1.165) is 30.4 Å². The minimum Gasteiger partial charge on any atom is -0.396 e. The van der Waals surface area contributed by atoms with Crippen LogP contribution in [-0.4, -0.2) is 24.3 Å². The Hall–Kier alpha value is -2.33. The number of carbonyl (C=O) groups is 1. The Balaban J connectivity index is 1.97.